The van der Waals surface area contributed by atoms with E-state index in [2.05, 4.69) is 36.6 Å². The zero-order valence-corrected chi connectivity index (χ0v) is 14.2. The predicted octanol–water partition coefficient (Wildman–Crippen LogP) is 3.50. The van der Waals surface area contributed by atoms with Crippen LogP contribution in [-0.2, 0) is 15.0 Å². The van der Waals surface area contributed by atoms with Crippen LogP contribution < -0.4 is 10.6 Å². The number of benzene rings is 2. The molecule has 24 heavy (non-hydrogen) atoms. The van der Waals surface area contributed by atoms with E-state index in [0.717, 1.165) is 12.1 Å². The number of amides is 2. The summed E-state index contributed by atoms with van der Waals surface area (Å²) in [7, 11) is 0. The summed E-state index contributed by atoms with van der Waals surface area (Å²) < 4.78 is 0. The van der Waals surface area contributed by atoms with E-state index < -0.39 is 0 Å². The van der Waals surface area contributed by atoms with Gasteiger partial charge in [-0.1, -0.05) is 62.4 Å². The molecule has 0 bridgehead atoms. The van der Waals surface area contributed by atoms with Gasteiger partial charge in [0.25, 0.3) is 0 Å². The van der Waals surface area contributed by atoms with Crippen LogP contribution in [0.15, 0.2) is 60.7 Å². The highest BCUT2D eigenvalue weighted by atomic mass is 16.2. The molecule has 126 valence electrons. The molecule has 0 spiro atoms. The van der Waals surface area contributed by atoms with E-state index in [9.17, 15) is 9.59 Å². The van der Waals surface area contributed by atoms with Gasteiger partial charge < -0.3 is 10.6 Å². The third-order valence-electron chi connectivity index (χ3n) is 4.04. The highest BCUT2D eigenvalue weighted by molar-refractivity contribution is 5.94. The minimum Gasteiger partial charge on any atom is -0.347 e. The van der Waals surface area contributed by atoms with Gasteiger partial charge in [-0.25, -0.2) is 0 Å². The second kappa shape index (κ2) is 8.29. The van der Waals surface area contributed by atoms with Crippen molar-refractivity contribution in [3.05, 3.63) is 66.2 Å². The summed E-state index contributed by atoms with van der Waals surface area (Å²) in [6.45, 7) is 4.23. The van der Waals surface area contributed by atoms with Gasteiger partial charge >= 0.3 is 0 Å². The van der Waals surface area contributed by atoms with Gasteiger partial charge in [-0.15, -0.1) is 0 Å². The Hall–Kier alpha value is -2.62. The molecular formula is C20H24N2O2. The smallest absolute Gasteiger partial charge is 0.243 e. The van der Waals surface area contributed by atoms with Crippen LogP contribution in [-0.4, -0.2) is 18.4 Å². The normalized spacial score (nSPS) is 10.9. The molecule has 0 heterocycles. The molecule has 0 fully saturated rings. The fourth-order valence-electron chi connectivity index (χ4n) is 2.45. The van der Waals surface area contributed by atoms with Crippen molar-refractivity contribution in [2.45, 2.75) is 32.1 Å². The lowest BCUT2D eigenvalue weighted by Crippen LogP contribution is -2.33. The number of anilines is 1. The molecule has 0 atom stereocenters. The fraction of sp³-hybridized carbons (Fsp3) is 0.300. The molecular weight excluding hydrogens is 300 g/mol. The van der Waals surface area contributed by atoms with Crippen LogP contribution in [0.5, 0.6) is 0 Å². The van der Waals surface area contributed by atoms with Crippen LogP contribution in [0.1, 0.15) is 32.3 Å². The molecule has 0 aliphatic carbocycles. The van der Waals surface area contributed by atoms with Crippen molar-refractivity contribution in [2.75, 3.05) is 11.9 Å². The Kier molecular flexibility index (Phi) is 6.13. The minimum absolute atomic E-state index is 0.0144. The van der Waals surface area contributed by atoms with Gasteiger partial charge in [-0.05, 0) is 29.5 Å². The Bertz CT molecular complexity index is 667. The third-order valence-corrected chi connectivity index (χ3v) is 4.04. The van der Waals surface area contributed by atoms with E-state index in [1.165, 1.54) is 5.56 Å². The first-order valence-electron chi connectivity index (χ1n) is 8.14. The minimum atomic E-state index is -0.225. The zero-order chi connectivity index (χ0) is 17.4. The second-order valence-corrected chi connectivity index (χ2v) is 6.44. The van der Waals surface area contributed by atoms with Crippen LogP contribution in [0.2, 0.25) is 0 Å². The van der Waals surface area contributed by atoms with E-state index in [1.807, 2.05) is 48.5 Å². The van der Waals surface area contributed by atoms with Gasteiger partial charge in [0, 0.05) is 12.1 Å². The Morgan fingerprint density at radius 1 is 0.875 bits per heavy atom. The van der Waals surface area contributed by atoms with Crippen molar-refractivity contribution >= 4 is 17.5 Å². The summed E-state index contributed by atoms with van der Waals surface area (Å²) in [5.41, 5.74) is 1.85. The molecule has 0 radical (unpaired) electrons. The molecule has 0 saturated carbocycles. The van der Waals surface area contributed by atoms with Crippen LogP contribution in [0, 0.1) is 0 Å². The van der Waals surface area contributed by atoms with Gasteiger partial charge in [-0.2, -0.15) is 0 Å². The number of hydrogen-bond donors (Lipinski definition) is 2. The van der Waals surface area contributed by atoms with Crippen LogP contribution in [0.4, 0.5) is 5.69 Å². The first-order valence-corrected chi connectivity index (χ1v) is 8.14. The van der Waals surface area contributed by atoms with Crippen LogP contribution in [0.3, 0.4) is 0 Å². The van der Waals surface area contributed by atoms with Gasteiger partial charge in [0.05, 0.1) is 6.54 Å². The van der Waals surface area contributed by atoms with Crippen LogP contribution in [0.25, 0.3) is 0 Å². The number of rotatable bonds is 7. The highest BCUT2D eigenvalue weighted by Crippen LogP contribution is 2.27. The van der Waals surface area contributed by atoms with Gasteiger partial charge in [0.2, 0.25) is 11.8 Å². The molecule has 0 unspecified atom stereocenters. The standard InChI is InChI=1S/C20H24N2O2/c1-20(2,16-9-5-3-6-10-16)14-13-18(23)21-15-19(24)22-17-11-7-4-8-12-17/h3-12H,13-15H2,1-2H3,(H,21,23)(H,22,24). The molecule has 0 aliphatic rings. The van der Waals surface area contributed by atoms with Crippen molar-refractivity contribution in [2.24, 2.45) is 0 Å². The molecule has 0 aromatic heterocycles. The van der Waals surface area contributed by atoms with E-state index >= 15 is 0 Å². The number of para-hydroxylation sites is 1. The first-order chi connectivity index (χ1) is 11.5. The quantitative estimate of drug-likeness (QED) is 0.819. The maximum absolute atomic E-state index is 12.0. The van der Waals surface area contributed by atoms with E-state index in [-0.39, 0.29) is 23.8 Å². The lowest BCUT2D eigenvalue weighted by atomic mass is 9.80. The van der Waals surface area contributed by atoms with E-state index in [0.29, 0.717) is 6.42 Å². The Balaban J connectivity index is 1.74. The van der Waals surface area contributed by atoms with E-state index in [4.69, 9.17) is 0 Å². The maximum atomic E-state index is 12.0. The number of hydrogen-bond acceptors (Lipinski definition) is 2. The lowest BCUT2D eigenvalue weighted by molar-refractivity contribution is -0.124. The highest BCUT2D eigenvalue weighted by Gasteiger charge is 2.21. The molecule has 2 amide bonds. The SMILES string of the molecule is CC(C)(CCC(=O)NCC(=O)Nc1ccccc1)c1ccccc1. The summed E-state index contributed by atoms with van der Waals surface area (Å²) in [6.07, 6.45) is 1.11. The molecule has 0 saturated heterocycles. The Morgan fingerprint density at radius 2 is 1.46 bits per heavy atom. The summed E-state index contributed by atoms with van der Waals surface area (Å²) in [6, 6.07) is 19.3. The summed E-state index contributed by atoms with van der Waals surface area (Å²) in [5.74, 6) is -0.334. The maximum Gasteiger partial charge on any atom is 0.243 e. The predicted molar refractivity (Wildman–Crippen MR) is 96.8 cm³/mol. The van der Waals surface area contributed by atoms with Crippen molar-refractivity contribution in [1.29, 1.82) is 0 Å². The average Bonchev–Trinajstić information content (AvgIpc) is 2.60. The molecule has 2 N–H and O–H groups in total. The van der Waals surface area contributed by atoms with Crippen molar-refractivity contribution in [1.82, 2.24) is 5.32 Å². The Morgan fingerprint density at radius 3 is 2.08 bits per heavy atom. The molecule has 2 aromatic rings. The summed E-state index contributed by atoms with van der Waals surface area (Å²) in [5, 5.41) is 5.42. The fourth-order valence-corrected chi connectivity index (χ4v) is 2.45. The second-order valence-electron chi connectivity index (χ2n) is 6.44. The van der Waals surface area contributed by atoms with Crippen molar-refractivity contribution < 1.29 is 9.59 Å². The molecule has 4 nitrogen and oxygen atoms in total. The number of carbonyl (C=O) groups is 2. The number of carbonyl (C=O) groups excluding carboxylic acids is 2. The van der Waals surface area contributed by atoms with Gasteiger partial charge in [0.1, 0.15) is 0 Å². The van der Waals surface area contributed by atoms with Crippen molar-refractivity contribution in [3.63, 3.8) is 0 Å². The van der Waals surface area contributed by atoms with Crippen LogP contribution >= 0.6 is 0 Å². The van der Waals surface area contributed by atoms with E-state index in [1.54, 1.807) is 0 Å². The average molecular weight is 324 g/mol. The lowest BCUT2D eigenvalue weighted by Gasteiger charge is -2.25. The molecule has 2 rings (SSSR count). The monoisotopic (exact) mass is 324 g/mol. The number of nitrogens with one attached hydrogen (secondary N) is 2. The zero-order valence-electron chi connectivity index (χ0n) is 14.2. The van der Waals surface area contributed by atoms with Crippen molar-refractivity contribution in [3.8, 4) is 0 Å². The van der Waals surface area contributed by atoms with Gasteiger partial charge in [0.15, 0.2) is 0 Å². The summed E-state index contributed by atoms with van der Waals surface area (Å²) >= 11 is 0. The molecule has 2 aromatic carbocycles. The largest absolute Gasteiger partial charge is 0.347 e. The summed E-state index contributed by atoms with van der Waals surface area (Å²) in [4.78, 5) is 23.8. The first kappa shape index (κ1) is 17.7. The topological polar surface area (TPSA) is 58.2 Å². The third kappa shape index (κ3) is 5.54. The molecule has 4 heteroatoms. The Labute approximate surface area is 143 Å². The molecule has 0 aliphatic heterocycles. The van der Waals surface area contributed by atoms with Gasteiger partial charge in [-0.3, -0.25) is 9.59 Å².